The summed E-state index contributed by atoms with van der Waals surface area (Å²) in [5, 5.41) is 0. The van der Waals surface area contributed by atoms with Gasteiger partial charge >= 0.3 is 0 Å². The lowest BCUT2D eigenvalue weighted by Gasteiger charge is -2.37. The van der Waals surface area contributed by atoms with Gasteiger partial charge in [0.05, 0.1) is 24.4 Å². The summed E-state index contributed by atoms with van der Waals surface area (Å²) in [7, 11) is 1.55. The van der Waals surface area contributed by atoms with Crippen molar-refractivity contribution >= 4 is 23.6 Å². The van der Waals surface area contributed by atoms with Crippen LogP contribution in [-0.4, -0.2) is 95.9 Å². The van der Waals surface area contributed by atoms with Gasteiger partial charge in [-0.3, -0.25) is 4.79 Å². The van der Waals surface area contributed by atoms with E-state index in [1.807, 2.05) is 4.90 Å². The Morgan fingerprint density at radius 1 is 1.18 bits per heavy atom. The molecule has 176 valence electrons. The monoisotopic (exact) mass is 454 g/mol. The predicted octanol–water partition coefficient (Wildman–Crippen LogP) is 0.352. The van der Waals surface area contributed by atoms with Crippen molar-refractivity contribution in [3.8, 4) is 11.3 Å². The quantitative estimate of drug-likeness (QED) is 0.677. The Morgan fingerprint density at radius 3 is 2.67 bits per heavy atom. The Labute approximate surface area is 192 Å². The predicted molar refractivity (Wildman–Crippen MR) is 123 cm³/mol. The molecule has 0 unspecified atom stereocenters. The van der Waals surface area contributed by atoms with Crippen molar-refractivity contribution in [2.24, 2.45) is 0 Å². The fourth-order valence-electron chi connectivity index (χ4n) is 4.97. The number of ether oxygens (including phenoxy) is 2. The van der Waals surface area contributed by atoms with Gasteiger partial charge in [-0.25, -0.2) is 15.0 Å². The Hall–Kier alpha value is -3.05. The van der Waals surface area contributed by atoms with Crippen LogP contribution < -0.4 is 15.5 Å². The molecule has 2 saturated heterocycles. The number of nitrogens with zero attached hydrogens (tertiary/aromatic N) is 7. The van der Waals surface area contributed by atoms with Gasteiger partial charge in [-0.15, -0.1) is 0 Å². The molecule has 5 rings (SSSR count). The van der Waals surface area contributed by atoms with Crippen LogP contribution in [0.4, 0.5) is 17.7 Å². The Morgan fingerprint density at radius 2 is 1.94 bits per heavy atom. The molecule has 3 aliphatic heterocycles. The number of aromatic nitrogens is 4. The summed E-state index contributed by atoms with van der Waals surface area (Å²) in [5.41, 5.74) is 8.27. The summed E-state index contributed by atoms with van der Waals surface area (Å²) in [6.45, 7) is 7.29. The molecule has 5 heterocycles. The zero-order chi connectivity index (χ0) is 23.0. The first-order chi connectivity index (χ1) is 16.0. The first-order valence-corrected chi connectivity index (χ1v) is 11.3. The minimum Gasteiger partial charge on any atom is -0.378 e. The number of nitrogens with two attached hydrogens (primary N) is 1. The molecule has 2 fully saturated rings. The summed E-state index contributed by atoms with van der Waals surface area (Å²) < 4.78 is 10.6. The van der Waals surface area contributed by atoms with Crippen LogP contribution in [0.15, 0.2) is 12.4 Å². The largest absolute Gasteiger partial charge is 0.378 e. The van der Waals surface area contributed by atoms with Gasteiger partial charge in [0.15, 0.2) is 0 Å². The molecule has 3 aliphatic rings. The molecule has 2 aromatic heterocycles. The minimum absolute atomic E-state index is 0.0250. The molecular weight excluding hydrogens is 424 g/mol. The van der Waals surface area contributed by atoms with Gasteiger partial charge < -0.3 is 29.9 Å². The summed E-state index contributed by atoms with van der Waals surface area (Å²) in [4.78, 5) is 37.2. The molecule has 1 amide bonds. The molecule has 11 nitrogen and oxygen atoms in total. The fraction of sp³-hybridized carbons (Fsp3) is 0.591. The molecule has 33 heavy (non-hydrogen) atoms. The van der Waals surface area contributed by atoms with Crippen LogP contribution in [0.3, 0.4) is 0 Å². The van der Waals surface area contributed by atoms with Gasteiger partial charge in [0.2, 0.25) is 17.8 Å². The number of anilines is 3. The number of morpholine rings is 1. The third-order valence-electron chi connectivity index (χ3n) is 6.78. The SMILES string of the molecule is COCC(=O)N1CC[C@](C)(N2CCc3c(-c4cnc(N)nc4)nc(N4CCOCC4)nc32)C1. The second-order valence-corrected chi connectivity index (χ2v) is 9.00. The lowest BCUT2D eigenvalue weighted by molar-refractivity contribution is -0.134. The average molecular weight is 455 g/mol. The molecule has 0 radical (unpaired) electrons. The number of carbonyl (C=O) groups excluding carboxylic acids is 1. The molecule has 2 aromatic rings. The number of hydrogen-bond acceptors (Lipinski definition) is 10. The first-order valence-electron chi connectivity index (χ1n) is 11.3. The lowest BCUT2D eigenvalue weighted by atomic mass is 9.99. The number of likely N-dealkylation sites (tertiary alicyclic amines) is 1. The van der Waals surface area contributed by atoms with E-state index in [0.29, 0.717) is 32.3 Å². The van der Waals surface area contributed by atoms with Crippen molar-refractivity contribution in [1.29, 1.82) is 0 Å². The molecule has 1 atom stereocenters. The van der Waals surface area contributed by atoms with Crippen molar-refractivity contribution in [2.45, 2.75) is 25.3 Å². The van der Waals surface area contributed by atoms with Gasteiger partial charge in [-0.05, 0) is 19.8 Å². The van der Waals surface area contributed by atoms with E-state index in [9.17, 15) is 4.79 Å². The van der Waals surface area contributed by atoms with Gasteiger partial charge in [-0.2, -0.15) is 4.98 Å². The molecule has 0 aromatic carbocycles. The third-order valence-corrected chi connectivity index (χ3v) is 6.78. The number of carbonyl (C=O) groups is 1. The van der Waals surface area contributed by atoms with Crippen molar-refractivity contribution in [1.82, 2.24) is 24.8 Å². The van der Waals surface area contributed by atoms with Crippen LogP contribution >= 0.6 is 0 Å². The molecule has 2 N–H and O–H groups in total. The van der Waals surface area contributed by atoms with Crippen LogP contribution in [0.1, 0.15) is 18.9 Å². The van der Waals surface area contributed by atoms with Crippen LogP contribution in [0, 0.1) is 0 Å². The topological polar surface area (TPSA) is 123 Å². The molecule has 0 bridgehead atoms. The van der Waals surface area contributed by atoms with E-state index in [4.69, 9.17) is 25.2 Å². The number of hydrogen-bond donors (Lipinski definition) is 1. The highest BCUT2D eigenvalue weighted by molar-refractivity contribution is 5.78. The number of rotatable bonds is 5. The number of methoxy groups -OCH3 is 1. The average Bonchev–Trinajstić information content (AvgIpc) is 3.45. The van der Waals surface area contributed by atoms with Crippen LogP contribution in [-0.2, 0) is 20.7 Å². The highest BCUT2D eigenvalue weighted by atomic mass is 16.5. The van der Waals surface area contributed by atoms with E-state index < -0.39 is 0 Å². The zero-order valence-electron chi connectivity index (χ0n) is 19.2. The Balaban J connectivity index is 1.53. The van der Waals surface area contributed by atoms with Crippen molar-refractivity contribution in [3.63, 3.8) is 0 Å². The van der Waals surface area contributed by atoms with Crippen molar-refractivity contribution < 1.29 is 14.3 Å². The summed E-state index contributed by atoms with van der Waals surface area (Å²) >= 11 is 0. The van der Waals surface area contributed by atoms with Crippen molar-refractivity contribution in [3.05, 3.63) is 18.0 Å². The van der Waals surface area contributed by atoms with E-state index in [0.717, 1.165) is 55.1 Å². The maximum absolute atomic E-state index is 12.4. The molecule has 11 heteroatoms. The summed E-state index contributed by atoms with van der Waals surface area (Å²) in [6.07, 6.45) is 5.14. The molecule has 0 aliphatic carbocycles. The van der Waals surface area contributed by atoms with E-state index in [1.165, 1.54) is 0 Å². The maximum atomic E-state index is 12.4. The smallest absolute Gasteiger partial charge is 0.248 e. The van der Waals surface area contributed by atoms with E-state index in [-0.39, 0.29) is 24.0 Å². The highest BCUT2D eigenvalue weighted by Crippen LogP contribution is 2.41. The molecular formula is C22H30N8O3. The summed E-state index contributed by atoms with van der Waals surface area (Å²) in [5.74, 6) is 1.88. The number of nitrogen functional groups attached to an aromatic ring is 1. The third kappa shape index (κ3) is 4.06. The molecule has 0 saturated carbocycles. The summed E-state index contributed by atoms with van der Waals surface area (Å²) in [6, 6.07) is 0. The normalized spacial score (nSPS) is 22.7. The minimum atomic E-state index is -0.208. The first kappa shape index (κ1) is 21.8. The highest BCUT2D eigenvalue weighted by Gasteiger charge is 2.44. The zero-order valence-corrected chi connectivity index (χ0v) is 19.2. The van der Waals surface area contributed by atoms with Gasteiger partial charge in [0, 0.05) is 63.4 Å². The van der Waals surface area contributed by atoms with E-state index >= 15 is 0 Å². The van der Waals surface area contributed by atoms with E-state index in [2.05, 4.69) is 26.7 Å². The van der Waals surface area contributed by atoms with Crippen molar-refractivity contribution in [2.75, 3.05) is 75.2 Å². The van der Waals surface area contributed by atoms with Gasteiger partial charge in [0.1, 0.15) is 12.4 Å². The Kier molecular flexibility index (Phi) is 5.75. The number of fused-ring (bicyclic) bond motifs is 1. The van der Waals surface area contributed by atoms with E-state index in [1.54, 1.807) is 19.5 Å². The fourth-order valence-corrected chi connectivity index (χ4v) is 4.97. The lowest BCUT2D eigenvalue weighted by Crippen LogP contribution is -2.49. The van der Waals surface area contributed by atoms with Gasteiger partial charge in [0.25, 0.3) is 0 Å². The van der Waals surface area contributed by atoms with Gasteiger partial charge in [-0.1, -0.05) is 0 Å². The number of amides is 1. The maximum Gasteiger partial charge on any atom is 0.248 e. The van der Waals surface area contributed by atoms with Crippen LogP contribution in [0.25, 0.3) is 11.3 Å². The Bertz CT molecular complexity index is 1030. The second kappa shape index (κ2) is 8.71. The molecule has 0 spiro atoms. The van der Waals surface area contributed by atoms with Crippen LogP contribution in [0.5, 0.6) is 0 Å². The van der Waals surface area contributed by atoms with Crippen LogP contribution in [0.2, 0.25) is 0 Å². The standard InChI is InChI=1S/C22H30N8O3/c1-22(4-6-29(14-22)17(31)13-32-2)30-5-3-16-18(15-11-24-20(23)25-12-15)26-21(27-19(16)30)28-7-9-33-10-8-28/h11-12H,3-10,13-14H2,1-2H3,(H2,23,24,25)/t22-/m0/s1. The second-order valence-electron chi connectivity index (χ2n) is 9.00.